The molecule has 0 saturated carbocycles. The van der Waals surface area contributed by atoms with Crippen LogP contribution in [0.1, 0.15) is 17.5 Å². The topological polar surface area (TPSA) is 45.2 Å². The largest absolute Gasteiger partial charge is 0.497 e. The van der Waals surface area contributed by atoms with Crippen molar-refractivity contribution in [2.75, 3.05) is 13.7 Å². The van der Waals surface area contributed by atoms with Crippen LogP contribution in [0.2, 0.25) is 0 Å². The van der Waals surface area contributed by atoms with Gasteiger partial charge in [0.2, 0.25) is 0 Å². The molecule has 0 bridgehead atoms. The Morgan fingerprint density at radius 2 is 2.19 bits per heavy atom. The van der Waals surface area contributed by atoms with Crippen molar-refractivity contribution < 1.29 is 9.84 Å². The van der Waals surface area contributed by atoms with E-state index in [9.17, 15) is 0 Å². The van der Waals surface area contributed by atoms with E-state index in [0.717, 1.165) is 24.1 Å². The minimum atomic E-state index is 0.232. The van der Waals surface area contributed by atoms with Crippen molar-refractivity contribution in [1.82, 2.24) is 4.98 Å². The van der Waals surface area contributed by atoms with Crippen molar-refractivity contribution >= 4 is 10.9 Å². The smallest absolute Gasteiger partial charge is 0.119 e. The SMILES string of the molecule is COc1cc(C)c2[nH]cc(CCCO)c2c1. The van der Waals surface area contributed by atoms with Crippen LogP contribution >= 0.6 is 0 Å². The van der Waals surface area contributed by atoms with Crippen LogP contribution in [-0.4, -0.2) is 23.8 Å². The van der Waals surface area contributed by atoms with E-state index < -0.39 is 0 Å². The highest BCUT2D eigenvalue weighted by Gasteiger charge is 2.07. The second kappa shape index (κ2) is 4.58. The third-order valence-electron chi connectivity index (χ3n) is 2.89. The van der Waals surface area contributed by atoms with Crippen molar-refractivity contribution in [2.45, 2.75) is 19.8 Å². The van der Waals surface area contributed by atoms with Crippen LogP contribution in [0.25, 0.3) is 10.9 Å². The number of methoxy groups -OCH3 is 1. The first-order valence-electron chi connectivity index (χ1n) is 5.51. The van der Waals surface area contributed by atoms with Gasteiger partial charge in [-0.25, -0.2) is 0 Å². The van der Waals surface area contributed by atoms with E-state index in [2.05, 4.69) is 11.9 Å². The quantitative estimate of drug-likeness (QED) is 0.829. The summed E-state index contributed by atoms with van der Waals surface area (Å²) in [4.78, 5) is 3.28. The molecular weight excluding hydrogens is 202 g/mol. The molecule has 1 aromatic carbocycles. The van der Waals surface area contributed by atoms with Crippen LogP contribution in [0.4, 0.5) is 0 Å². The Bertz CT molecular complexity index is 488. The molecule has 0 aliphatic heterocycles. The Labute approximate surface area is 95.1 Å². The zero-order valence-corrected chi connectivity index (χ0v) is 9.71. The maximum atomic E-state index is 8.86. The summed E-state index contributed by atoms with van der Waals surface area (Å²) in [6.07, 6.45) is 3.71. The normalized spacial score (nSPS) is 10.9. The summed E-state index contributed by atoms with van der Waals surface area (Å²) in [5, 5.41) is 10.1. The van der Waals surface area contributed by atoms with E-state index in [1.807, 2.05) is 18.3 Å². The van der Waals surface area contributed by atoms with Crippen molar-refractivity contribution in [1.29, 1.82) is 0 Å². The molecule has 0 unspecified atom stereocenters. The van der Waals surface area contributed by atoms with Crippen LogP contribution in [0.5, 0.6) is 5.75 Å². The molecule has 0 fully saturated rings. The number of hydrogen-bond acceptors (Lipinski definition) is 2. The lowest BCUT2D eigenvalue weighted by atomic mass is 10.1. The molecule has 2 rings (SSSR count). The molecule has 0 radical (unpaired) electrons. The third-order valence-corrected chi connectivity index (χ3v) is 2.89. The van der Waals surface area contributed by atoms with Gasteiger partial charge in [0, 0.05) is 23.7 Å². The number of aliphatic hydroxyl groups is 1. The molecule has 86 valence electrons. The van der Waals surface area contributed by atoms with Crippen molar-refractivity contribution in [3.8, 4) is 5.75 Å². The van der Waals surface area contributed by atoms with Crippen molar-refractivity contribution in [3.63, 3.8) is 0 Å². The van der Waals surface area contributed by atoms with E-state index in [1.165, 1.54) is 16.5 Å². The molecule has 0 saturated heterocycles. The van der Waals surface area contributed by atoms with Gasteiger partial charge in [-0.2, -0.15) is 0 Å². The zero-order valence-electron chi connectivity index (χ0n) is 9.71. The Morgan fingerprint density at radius 3 is 2.88 bits per heavy atom. The Balaban J connectivity index is 2.47. The summed E-state index contributed by atoms with van der Waals surface area (Å²) in [6.45, 7) is 2.30. The van der Waals surface area contributed by atoms with Gasteiger partial charge in [0.05, 0.1) is 7.11 Å². The number of hydrogen-bond donors (Lipinski definition) is 2. The molecule has 0 spiro atoms. The van der Waals surface area contributed by atoms with Gasteiger partial charge in [-0.05, 0) is 43.0 Å². The number of aliphatic hydroxyl groups excluding tert-OH is 1. The molecule has 2 N–H and O–H groups in total. The minimum Gasteiger partial charge on any atom is -0.497 e. The molecule has 0 amide bonds. The first-order chi connectivity index (χ1) is 7.76. The number of aryl methyl sites for hydroxylation is 2. The maximum Gasteiger partial charge on any atom is 0.119 e. The van der Waals surface area contributed by atoms with Crippen molar-refractivity contribution in [2.24, 2.45) is 0 Å². The number of fused-ring (bicyclic) bond motifs is 1. The van der Waals surface area contributed by atoms with Gasteiger partial charge >= 0.3 is 0 Å². The van der Waals surface area contributed by atoms with Crippen LogP contribution < -0.4 is 4.74 Å². The number of rotatable bonds is 4. The summed E-state index contributed by atoms with van der Waals surface area (Å²) in [6, 6.07) is 4.07. The minimum absolute atomic E-state index is 0.232. The van der Waals surface area contributed by atoms with E-state index in [4.69, 9.17) is 9.84 Å². The van der Waals surface area contributed by atoms with Gasteiger partial charge in [-0.15, -0.1) is 0 Å². The fourth-order valence-electron chi connectivity index (χ4n) is 2.03. The number of aromatic nitrogens is 1. The highest BCUT2D eigenvalue weighted by molar-refractivity contribution is 5.87. The van der Waals surface area contributed by atoms with Crippen LogP contribution in [-0.2, 0) is 6.42 Å². The summed E-state index contributed by atoms with van der Waals surface area (Å²) in [5.74, 6) is 0.884. The van der Waals surface area contributed by atoms with E-state index in [1.54, 1.807) is 7.11 Å². The molecule has 1 aromatic heterocycles. The standard InChI is InChI=1S/C13H17NO2/c1-9-6-11(16-2)7-12-10(4-3-5-15)8-14-13(9)12/h6-8,14-15H,3-5H2,1-2H3. The highest BCUT2D eigenvalue weighted by Crippen LogP contribution is 2.27. The van der Waals surface area contributed by atoms with E-state index in [-0.39, 0.29) is 6.61 Å². The fraction of sp³-hybridized carbons (Fsp3) is 0.385. The second-order valence-corrected chi connectivity index (χ2v) is 4.01. The lowest BCUT2D eigenvalue weighted by Crippen LogP contribution is -1.89. The number of aromatic amines is 1. The number of benzene rings is 1. The molecule has 0 aliphatic carbocycles. The van der Waals surface area contributed by atoms with E-state index >= 15 is 0 Å². The van der Waals surface area contributed by atoms with Gasteiger partial charge in [0.25, 0.3) is 0 Å². The summed E-state index contributed by atoms with van der Waals surface area (Å²) >= 11 is 0. The van der Waals surface area contributed by atoms with E-state index in [0.29, 0.717) is 0 Å². The van der Waals surface area contributed by atoms with Crippen LogP contribution in [0.3, 0.4) is 0 Å². The maximum absolute atomic E-state index is 8.86. The van der Waals surface area contributed by atoms with Crippen LogP contribution in [0, 0.1) is 6.92 Å². The predicted molar refractivity (Wildman–Crippen MR) is 65.0 cm³/mol. The van der Waals surface area contributed by atoms with Crippen LogP contribution in [0.15, 0.2) is 18.3 Å². The van der Waals surface area contributed by atoms with Gasteiger partial charge in [0.15, 0.2) is 0 Å². The third kappa shape index (κ3) is 1.91. The molecule has 0 atom stereocenters. The molecule has 3 nitrogen and oxygen atoms in total. The molecule has 16 heavy (non-hydrogen) atoms. The molecule has 0 aliphatic rings. The summed E-state index contributed by atoms with van der Waals surface area (Å²) in [7, 11) is 1.68. The first-order valence-corrected chi connectivity index (χ1v) is 5.51. The molecule has 3 heteroatoms. The predicted octanol–water partition coefficient (Wildman–Crippen LogP) is 2.41. The fourth-order valence-corrected chi connectivity index (χ4v) is 2.03. The lowest BCUT2D eigenvalue weighted by Gasteiger charge is -2.04. The molecule has 1 heterocycles. The average Bonchev–Trinajstić information content (AvgIpc) is 2.70. The van der Waals surface area contributed by atoms with Gasteiger partial charge in [-0.1, -0.05) is 0 Å². The van der Waals surface area contributed by atoms with Gasteiger partial charge < -0.3 is 14.8 Å². The van der Waals surface area contributed by atoms with Gasteiger partial charge in [-0.3, -0.25) is 0 Å². The van der Waals surface area contributed by atoms with Gasteiger partial charge in [0.1, 0.15) is 5.75 Å². The molecule has 2 aromatic rings. The number of nitrogens with one attached hydrogen (secondary N) is 1. The molecular formula is C13H17NO2. The monoisotopic (exact) mass is 219 g/mol. The Hall–Kier alpha value is -1.48. The highest BCUT2D eigenvalue weighted by atomic mass is 16.5. The number of H-pyrrole nitrogens is 1. The number of ether oxygens (including phenoxy) is 1. The van der Waals surface area contributed by atoms with Crippen molar-refractivity contribution in [3.05, 3.63) is 29.5 Å². The Kier molecular flexibility index (Phi) is 3.15. The zero-order chi connectivity index (χ0) is 11.5. The first kappa shape index (κ1) is 11.0. The Morgan fingerprint density at radius 1 is 1.38 bits per heavy atom. The summed E-state index contributed by atoms with van der Waals surface area (Å²) < 4.78 is 5.27. The average molecular weight is 219 g/mol. The lowest BCUT2D eigenvalue weighted by molar-refractivity contribution is 0.289. The summed E-state index contributed by atoms with van der Waals surface area (Å²) in [5.41, 5.74) is 3.59. The second-order valence-electron chi connectivity index (χ2n) is 4.01.